The van der Waals surface area contributed by atoms with Crippen molar-refractivity contribution in [2.24, 2.45) is 28.9 Å². The average molecular weight is 727 g/mol. The number of rotatable bonds is 31. The van der Waals surface area contributed by atoms with Gasteiger partial charge in [0.1, 0.15) is 5.78 Å². The lowest BCUT2D eigenvalue weighted by molar-refractivity contribution is -0.131. The van der Waals surface area contributed by atoms with E-state index in [1.807, 2.05) is 6.92 Å². The third-order valence-electron chi connectivity index (χ3n) is 8.08. The lowest BCUT2D eigenvalue weighted by atomic mass is 9.95. The van der Waals surface area contributed by atoms with Crippen molar-refractivity contribution in [3.63, 3.8) is 0 Å². The summed E-state index contributed by atoms with van der Waals surface area (Å²) in [4.78, 5) is 96.7. The van der Waals surface area contributed by atoms with E-state index < -0.39 is 23.8 Å². The molecule has 292 valence electrons. The van der Waals surface area contributed by atoms with Gasteiger partial charge >= 0.3 is 0 Å². The van der Waals surface area contributed by atoms with Crippen LogP contribution >= 0.6 is 0 Å². The molecule has 0 rings (SSSR count). The largest absolute Gasteiger partial charge is 0.356 e. The van der Waals surface area contributed by atoms with Gasteiger partial charge in [-0.2, -0.15) is 0 Å². The number of hydrogen-bond acceptors (Lipinski definition) is 12. The van der Waals surface area contributed by atoms with Gasteiger partial charge < -0.3 is 54.8 Å². The summed E-state index contributed by atoms with van der Waals surface area (Å²) in [5.41, 5.74) is 21.3. The Labute approximate surface area is 300 Å². The Bertz CT molecular complexity index is 1110. The molecule has 0 aromatic carbocycles. The molecule has 1 unspecified atom stereocenters. The van der Waals surface area contributed by atoms with E-state index in [9.17, 15) is 38.4 Å². The molecule has 0 aliphatic heterocycles. The zero-order valence-corrected chi connectivity index (χ0v) is 30.2. The zero-order valence-electron chi connectivity index (χ0n) is 30.2. The highest BCUT2D eigenvalue weighted by atomic mass is 16.2. The number of amides is 6. The molecular weight excluding hydrogens is 664 g/mol. The Kier molecular flexibility index (Phi) is 27.4. The maximum Gasteiger partial charge on any atom is 0.239 e. The third kappa shape index (κ3) is 24.7. The van der Waals surface area contributed by atoms with Crippen LogP contribution < -0.4 is 54.8 Å². The smallest absolute Gasteiger partial charge is 0.239 e. The highest BCUT2D eigenvalue weighted by molar-refractivity contribution is 5.92. The van der Waals surface area contributed by atoms with Gasteiger partial charge in [0.25, 0.3) is 0 Å². The molecule has 0 heterocycles. The molecule has 14 N–H and O–H groups in total. The first-order chi connectivity index (χ1) is 24.4. The Balaban J connectivity index is 4.51. The van der Waals surface area contributed by atoms with Gasteiger partial charge in [-0.15, -0.1) is 0 Å². The molecular formula is C33H62N10O8. The molecule has 0 fully saturated rings. The number of Topliss-reactive ketones (excluding diaryl/α,β-unsaturated/α-hetero) is 2. The van der Waals surface area contributed by atoms with Gasteiger partial charge in [0.15, 0.2) is 5.78 Å². The molecule has 3 atom stereocenters. The summed E-state index contributed by atoms with van der Waals surface area (Å²) < 4.78 is 0. The van der Waals surface area contributed by atoms with Crippen molar-refractivity contribution in [3.05, 3.63) is 0 Å². The molecule has 0 aliphatic rings. The first-order valence-corrected chi connectivity index (χ1v) is 17.9. The van der Waals surface area contributed by atoms with E-state index in [-0.39, 0.29) is 93.2 Å². The van der Waals surface area contributed by atoms with E-state index in [2.05, 4.69) is 31.9 Å². The number of carbonyl (C=O) groups is 8. The molecule has 0 bridgehead atoms. The molecule has 0 saturated heterocycles. The van der Waals surface area contributed by atoms with Gasteiger partial charge in [-0.25, -0.2) is 0 Å². The Morgan fingerprint density at radius 1 is 0.529 bits per heavy atom. The van der Waals surface area contributed by atoms with Crippen LogP contribution in [-0.4, -0.2) is 111 Å². The van der Waals surface area contributed by atoms with Crippen LogP contribution in [0.15, 0.2) is 0 Å². The molecule has 0 saturated carbocycles. The van der Waals surface area contributed by atoms with Gasteiger partial charge in [0.05, 0.1) is 38.8 Å². The number of unbranched alkanes of at least 4 members (excludes halogenated alkanes) is 3. The predicted octanol–water partition coefficient (Wildman–Crippen LogP) is -2.90. The average Bonchev–Trinajstić information content (AvgIpc) is 3.13. The van der Waals surface area contributed by atoms with E-state index in [4.69, 9.17) is 22.9 Å². The fourth-order valence-corrected chi connectivity index (χ4v) is 5.05. The molecule has 0 aliphatic carbocycles. The van der Waals surface area contributed by atoms with Crippen LogP contribution in [0.25, 0.3) is 0 Å². The molecule has 18 nitrogen and oxygen atoms in total. The van der Waals surface area contributed by atoms with Gasteiger partial charge in [-0.3, -0.25) is 38.4 Å². The fraction of sp³-hybridized carbons (Fsp3) is 0.758. The van der Waals surface area contributed by atoms with Gasteiger partial charge in [-0.05, 0) is 57.8 Å². The topological polar surface area (TPSA) is 313 Å². The van der Waals surface area contributed by atoms with E-state index in [1.54, 1.807) is 0 Å². The number of hydrogen-bond donors (Lipinski definition) is 10. The van der Waals surface area contributed by atoms with Crippen molar-refractivity contribution in [2.45, 2.75) is 102 Å². The van der Waals surface area contributed by atoms with Crippen LogP contribution in [0.4, 0.5) is 0 Å². The molecule has 0 spiro atoms. The highest BCUT2D eigenvalue weighted by Crippen LogP contribution is 2.14. The first kappa shape index (κ1) is 47.0. The zero-order chi connectivity index (χ0) is 38.4. The van der Waals surface area contributed by atoms with Crippen molar-refractivity contribution in [2.75, 3.05) is 52.4 Å². The van der Waals surface area contributed by atoms with Gasteiger partial charge in [0.2, 0.25) is 35.4 Å². The predicted molar refractivity (Wildman–Crippen MR) is 191 cm³/mol. The molecule has 0 aromatic rings. The van der Waals surface area contributed by atoms with Crippen LogP contribution in [0.1, 0.15) is 90.4 Å². The van der Waals surface area contributed by atoms with Crippen LogP contribution in [0.3, 0.4) is 0 Å². The number of ketones is 2. The maximum atomic E-state index is 12.8. The fourth-order valence-electron chi connectivity index (χ4n) is 5.05. The van der Waals surface area contributed by atoms with E-state index in [0.29, 0.717) is 83.8 Å². The van der Waals surface area contributed by atoms with Gasteiger partial charge in [0, 0.05) is 50.9 Å². The van der Waals surface area contributed by atoms with Crippen molar-refractivity contribution < 1.29 is 38.4 Å². The summed E-state index contributed by atoms with van der Waals surface area (Å²) in [5, 5.41) is 16.2. The lowest BCUT2D eigenvalue weighted by Gasteiger charge is -2.19. The first-order valence-electron chi connectivity index (χ1n) is 17.9. The van der Waals surface area contributed by atoms with Crippen LogP contribution in [0, 0.1) is 5.92 Å². The number of nitrogens with one attached hydrogen (secondary N) is 6. The minimum atomic E-state index is -0.774. The Morgan fingerprint density at radius 2 is 1.06 bits per heavy atom. The lowest BCUT2D eigenvalue weighted by Crippen LogP contribution is -2.44. The standard InChI is InChI=1S/C33H62N10O8/c1-2-24(42-32(50)22-41-33(51)23(17-25(44)18-34)9-3-6-15-39-29(47)19-35)10-4-7-14-38-28(46)13-12-27(45)26(43-31(49)21-37)11-5-8-16-40-30(48)20-36/h23-24,26H,2-22,34-37H2,1H3,(H,38,46)(H,39,47)(H,40,48)(H,41,51)(H,42,50)(H,43,49)/t23?,24-,26+/m1/s1. The van der Waals surface area contributed by atoms with Crippen molar-refractivity contribution in [1.82, 2.24) is 31.9 Å². The quantitative estimate of drug-likeness (QED) is 0.0322. The van der Waals surface area contributed by atoms with Crippen LogP contribution in [0.5, 0.6) is 0 Å². The Hall–Kier alpha value is -4.00. The maximum absolute atomic E-state index is 12.8. The minimum Gasteiger partial charge on any atom is -0.356 e. The van der Waals surface area contributed by atoms with Crippen molar-refractivity contribution in [1.29, 1.82) is 0 Å². The van der Waals surface area contributed by atoms with Gasteiger partial charge in [-0.1, -0.05) is 13.3 Å². The molecule has 6 amide bonds. The van der Waals surface area contributed by atoms with Crippen LogP contribution in [0.2, 0.25) is 0 Å². The summed E-state index contributed by atoms with van der Waals surface area (Å²) in [6, 6.07) is -0.914. The van der Waals surface area contributed by atoms with E-state index >= 15 is 0 Å². The summed E-state index contributed by atoms with van der Waals surface area (Å²) >= 11 is 0. The normalized spacial score (nSPS) is 12.5. The second-order valence-corrected chi connectivity index (χ2v) is 12.3. The summed E-state index contributed by atoms with van der Waals surface area (Å²) in [7, 11) is 0. The number of nitrogens with two attached hydrogens (primary N) is 4. The minimum absolute atomic E-state index is 0.0315. The summed E-state index contributed by atoms with van der Waals surface area (Å²) in [6.07, 6.45) is 5.63. The van der Waals surface area contributed by atoms with E-state index in [0.717, 1.165) is 0 Å². The summed E-state index contributed by atoms with van der Waals surface area (Å²) in [5.74, 6) is -3.26. The highest BCUT2D eigenvalue weighted by Gasteiger charge is 2.23. The van der Waals surface area contributed by atoms with E-state index in [1.165, 1.54) is 0 Å². The molecule has 0 radical (unpaired) electrons. The van der Waals surface area contributed by atoms with Crippen molar-refractivity contribution in [3.8, 4) is 0 Å². The number of carbonyl (C=O) groups excluding carboxylic acids is 8. The van der Waals surface area contributed by atoms with Crippen LogP contribution in [-0.2, 0) is 38.4 Å². The molecule has 51 heavy (non-hydrogen) atoms. The third-order valence-corrected chi connectivity index (χ3v) is 8.08. The second kappa shape index (κ2) is 29.7. The van der Waals surface area contributed by atoms with Crippen molar-refractivity contribution >= 4 is 47.0 Å². The summed E-state index contributed by atoms with van der Waals surface area (Å²) in [6.45, 7) is 2.21. The second-order valence-electron chi connectivity index (χ2n) is 12.3. The SMILES string of the molecule is CC[C@H](CCCCNC(=O)CCC(=O)[C@H](CCCCNC(=O)CN)NC(=O)CN)NC(=O)CNC(=O)C(CCCCNC(=O)CN)CC(=O)CN. The molecule has 18 heteroatoms. The Morgan fingerprint density at radius 3 is 1.59 bits per heavy atom. The monoisotopic (exact) mass is 726 g/mol. The molecule has 0 aromatic heterocycles.